The Morgan fingerprint density at radius 3 is 1.50 bits per heavy atom. The number of amides is 1. The van der Waals surface area contributed by atoms with Crippen LogP contribution in [0.1, 0.15) is 181 Å². The van der Waals surface area contributed by atoms with Gasteiger partial charge in [-0.05, 0) is 38.5 Å². The largest absolute Gasteiger partial charge is 0.394 e. The smallest absolute Gasteiger partial charge is 0.220 e. The maximum absolute atomic E-state index is 12.3. The van der Waals surface area contributed by atoms with E-state index < -0.39 is 18.2 Å². The first-order chi connectivity index (χ1) is 20.6. The summed E-state index contributed by atoms with van der Waals surface area (Å²) in [5.74, 6) is -0.158. The Hall–Kier alpha value is -1.17. The summed E-state index contributed by atoms with van der Waals surface area (Å²) in [5, 5.41) is 33.3. The summed E-state index contributed by atoms with van der Waals surface area (Å²) in [4.78, 5) is 12.3. The third-order valence-electron chi connectivity index (χ3n) is 8.34. The van der Waals surface area contributed by atoms with Crippen molar-refractivity contribution in [3.63, 3.8) is 0 Å². The molecule has 0 heterocycles. The van der Waals surface area contributed by atoms with Gasteiger partial charge >= 0.3 is 0 Å². The Kier molecular flexibility index (Phi) is 31.8. The lowest BCUT2D eigenvalue weighted by Crippen LogP contribution is -2.50. The van der Waals surface area contributed by atoms with Crippen LogP contribution in [0.15, 0.2) is 24.3 Å². The van der Waals surface area contributed by atoms with Crippen molar-refractivity contribution in [2.24, 2.45) is 0 Å². The normalized spacial score (nSPS) is 14.1. The summed E-state index contributed by atoms with van der Waals surface area (Å²) in [7, 11) is 0. The van der Waals surface area contributed by atoms with E-state index in [1.165, 1.54) is 109 Å². The molecule has 4 N–H and O–H groups in total. The van der Waals surface area contributed by atoms with Gasteiger partial charge in [-0.1, -0.05) is 160 Å². The predicted octanol–water partition coefficient (Wildman–Crippen LogP) is 9.48. The summed E-state index contributed by atoms with van der Waals surface area (Å²) in [6.07, 6.45) is 36.9. The van der Waals surface area contributed by atoms with Crippen molar-refractivity contribution < 1.29 is 20.1 Å². The van der Waals surface area contributed by atoms with Gasteiger partial charge in [-0.3, -0.25) is 4.79 Å². The van der Waals surface area contributed by atoms with E-state index >= 15 is 0 Å². The van der Waals surface area contributed by atoms with Crippen molar-refractivity contribution in [3.05, 3.63) is 24.3 Å². The predicted molar refractivity (Wildman–Crippen MR) is 181 cm³/mol. The molecule has 0 radical (unpaired) electrons. The van der Waals surface area contributed by atoms with E-state index in [1.54, 1.807) is 0 Å². The van der Waals surface area contributed by atoms with Crippen LogP contribution in [0.25, 0.3) is 0 Å². The topological polar surface area (TPSA) is 89.8 Å². The van der Waals surface area contributed by atoms with Crippen LogP contribution in [-0.2, 0) is 4.79 Å². The molecule has 0 fully saturated rings. The lowest BCUT2D eigenvalue weighted by Gasteiger charge is -2.26. The molecule has 0 saturated heterocycles. The van der Waals surface area contributed by atoms with Gasteiger partial charge in [0.05, 0.1) is 18.8 Å². The lowest BCUT2D eigenvalue weighted by atomic mass is 9.99. The quantitative estimate of drug-likeness (QED) is 0.0462. The average molecular weight is 594 g/mol. The van der Waals surface area contributed by atoms with Crippen LogP contribution < -0.4 is 5.32 Å². The fraction of sp³-hybridized carbons (Fsp3) is 0.865. The van der Waals surface area contributed by atoms with E-state index in [0.29, 0.717) is 12.8 Å². The third kappa shape index (κ3) is 27.7. The van der Waals surface area contributed by atoms with Crippen molar-refractivity contribution in [2.75, 3.05) is 6.61 Å². The van der Waals surface area contributed by atoms with Crippen LogP contribution in [0.2, 0.25) is 0 Å². The first-order valence-corrected chi connectivity index (χ1v) is 18.1. The zero-order valence-corrected chi connectivity index (χ0v) is 27.9. The molecule has 3 atom stereocenters. The highest BCUT2D eigenvalue weighted by atomic mass is 16.3. The molecule has 0 aliphatic heterocycles. The minimum absolute atomic E-state index is 0.158. The number of rotatable bonds is 32. The van der Waals surface area contributed by atoms with Crippen molar-refractivity contribution in [2.45, 2.75) is 199 Å². The number of carbonyl (C=O) groups excluding carboxylic acids is 1. The minimum atomic E-state index is -1.14. The van der Waals surface area contributed by atoms with Gasteiger partial charge in [-0.15, -0.1) is 0 Å². The molecular weight excluding hydrogens is 522 g/mol. The Balaban J connectivity index is 3.73. The number of carbonyl (C=O) groups is 1. The summed E-state index contributed by atoms with van der Waals surface area (Å²) in [5.41, 5.74) is 0. The van der Waals surface area contributed by atoms with Crippen molar-refractivity contribution in [1.29, 1.82) is 0 Å². The number of allylic oxidation sites excluding steroid dienone is 4. The Morgan fingerprint density at radius 1 is 0.595 bits per heavy atom. The summed E-state index contributed by atoms with van der Waals surface area (Å²) in [6, 6.07) is -0.811. The van der Waals surface area contributed by atoms with Crippen LogP contribution in [-0.4, -0.2) is 46.1 Å². The highest BCUT2D eigenvalue weighted by molar-refractivity contribution is 5.76. The second kappa shape index (κ2) is 32.7. The molecule has 0 saturated carbocycles. The first-order valence-electron chi connectivity index (χ1n) is 18.1. The van der Waals surface area contributed by atoms with Crippen LogP contribution >= 0.6 is 0 Å². The van der Waals surface area contributed by atoms with Gasteiger partial charge in [0.1, 0.15) is 6.10 Å². The molecule has 248 valence electrons. The van der Waals surface area contributed by atoms with Crippen LogP contribution in [0.4, 0.5) is 0 Å². The fourth-order valence-electron chi connectivity index (χ4n) is 5.44. The van der Waals surface area contributed by atoms with E-state index in [0.717, 1.165) is 44.9 Å². The molecular formula is C37H71NO4. The van der Waals surface area contributed by atoms with E-state index in [9.17, 15) is 20.1 Å². The number of hydrogen-bond donors (Lipinski definition) is 4. The highest BCUT2D eigenvalue weighted by Crippen LogP contribution is 2.15. The molecule has 0 aromatic carbocycles. The van der Waals surface area contributed by atoms with Crippen LogP contribution in [0, 0.1) is 0 Å². The maximum atomic E-state index is 12.3. The van der Waals surface area contributed by atoms with Gasteiger partial charge in [0.25, 0.3) is 0 Å². The van der Waals surface area contributed by atoms with Gasteiger partial charge in [0, 0.05) is 6.42 Å². The number of aliphatic hydroxyl groups is 3. The van der Waals surface area contributed by atoms with Gasteiger partial charge < -0.3 is 20.6 Å². The number of hydrogen-bond acceptors (Lipinski definition) is 4. The first kappa shape index (κ1) is 40.8. The zero-order valence-electron chi connectivity index (χ0n) is 27.9. The Bertz CT molecular complexity index is 621. The number of aliphatic hydroxyl groups excluding tert-OH is 3. The molecule has 0 rings (SSSR count). The summed E-state index contributed by atoms with van der Waals surface area (Å²) in [6.45, 7) is 4.12. The molecule has 0 aromatic heterocycles. The van der Waals surface area contributed by atoms with Gasteiger partial charge in [-0.25, -0.2) is 0 Å². The van der Waals surface area contributed by atoms with E-state index in [2.05, 4.69) is 43.5 Å². The highest BCUT2D eigenvalue weighted by Gasteiger charge is 2.26. The fourth-order valence-corrected chi connectivity index (χ4v) is 5.44. The molecule has 0 spiro atoms. The molecule has 1 amide bonds. The molecule has 5 nitrogen and oxygen atoms in total. The van der Waals surface area contributed by atoms with Crippen molar-refractivity contribution in [1.82, 2.24) is 5.32 Å². The minimum Gasteiger partial charge on any atom is -0.394 e. The average Bonchev–Trinajstić information content (AvgIpc) is 2.99. The maximum Gasteiger partial charge on any atom is 0.220 e. The van der Waals surface area contributed by atoms with E-state index in [4.69, 9.17) is 0 Å². The second-order valence-corrected chi connectivity index (χ2v) is 12.5. The second-order valence-electron chi connectivity index (χ2n) is 12.5. The molecule has 3 unspecified atom stereocenters. The van der Waals surface area contributed by atoms with Crippen molar-refractivity contribution >= 4 is 5.91 Å². The van der Waals surface area contributed by atoms with Gasteiger partial charge in [0.2, 0.25) is 5.91 Å². The number of unbranched alkanes of at least 4 members (excludes halogenated alkanes) is 21. The summed E-state index contributed by atoms with van der Waals surface area (Å²) < 4.78 is 0. The SMILES string of the molecule is CCCCC/C=C\C=C/CCCCCCCCC(=O)NC(CO)C(O)C(O)CCCCCCCCCCCCCCC. The lowest BCUT2D eigenvalue weighted by molar-refractivity contribution is -0.124. The number of nitrogens with one attached hydrogen (secondary N) is 1. The molecule has 0 aromatic rings. The monoisotopic (exact) mass is 594 g/mol. The Morgan fingerprint density at radius 2 is 1.00 bits per heavy atom. The van der Waals surface area contributed by atoms with Gasteiger partial charge in [0.15, 0.2) is 0 Å². The molecule has 0 aliphatic carbocycles. The van der Waals surface area contributed by atoms with Crippen LogP contribution in [0.5, 0.6) is 0 Å². The summed E-state index contributed by atoms with van der Waals surface area (Å²) >= 11 is 0. The van der Waals surface area contributed by atoms with E-state index in [1.807, 2.05) is 0 Å². The zero-order chi connectivity index (χ0) is 30.9. The molecule has 0 aliphatic rings. The third-order valence-corrected chi connectivity index (χ3v) is 8.34. The Labute approximate surface area is 261 Å². The molecule has 5 heteroatoms. The standard InChI is InChI=1S/C37H71NO4/c1-3-5-7-9-11-13-15-17-18-20-22-24-26-28-30-32-36(41)38-34(33-39)37(42)35(40)31-29-27-25-23-21-19-16-14-12-10-8-6-4-2/h11,13,15,17,34-35,37,39-40,42H,3-10,12,14,16,18-33H2,1-2H3,(H,38,41)/b13-11-,17-15-. The van der Waals surface area contributed by atoms with Crippen LogP contribution in [0.3, 0.4) is 0 Å². The van der Waals surface area contributed by atoms with Gasteiger partial charge in [-0.2, -0.15) is 0 Å². The van der Waals surface area contributed by atoms with E-state index in [-0.39, 0.29) is 12.5 Å². The molecule has 42 heavy (non-hydrogen) atoms. The molecule has 0 bridgehead atoms. The van der Waals surface area contributed by atoms with Crippen molar-refractivity contribution in [3.8, 4) is 0 Å².